The molecule has 0 bridgehead atoms. The first-order valence-corrected chi connectivity index (χ1v) is 5.19. The van der Waals surface area contributed by atoms with Crippen molar-refractivity contribution in [3.05, 3.63) is 23.8 Å². The highest BCUT2D eigenvalue weighted by atomic mass is 16.7. The summed E-state index contributed by atoms with van der Waals surface area (Å²) in [6, 6.07) is 4.92. The summed E-state index contributed by atoms with van der Waals surface area (Å²) < 4.78 is 10.3. The number of carboxylic acids is 1. The van der Waals surface area contributed by atoms with Crippen LogP contribution in [0, 0.1) is 0 Å². The van der Waals surface area contributed by atoms with Crippen molar-refractivity contribution in [2.75, 3.05) is 6.79 Å². The standard InChI is InChI=1S/C12H12O5/c1-7(13)4-9(12(14)15)8-2-3-10-11(5-8)17-6-16-10/h2-3,5,9H,4,6H2,1H3,(H,14,15). The molecule has 90 valence electrons. The lowest BCUT2D eigenvalue weighted by molar-refractivity contribution is -0.140. The van der Waals surface area contributed by atoms with Gasteiger partial charge in [0, 0.05) is 6.42 Å². The molecule has 5 nitrogen and oxygen atoms in total. The van der Waals surface area contributed by atoms with E-state index >= 15 is 0 Å². The van der Waals surface area contributed by atoms with Gasteiger partial charge >= 0.3 is 5.97 Å². The third-order valence-corrected chi connectivity index (χ3v) is 2.59. The van der Waals surface area contributed by atoms with E-state index in [4.69, 9.17) is 14.6 Å². The Bertz CT molecular complexity index is 466. The molecule has 0 saturated carbocycles. The van der Waals surface area contributed by atoms with E-state index in [2.05, 4.69) is 0 Å². The van der Waals surface area contributed by atoms with Crippen LogP contribution >= 0.6 is 0 Å². The van der Waals surface area contributed by atoms with E-state index in [1.807, 2.05) is 0 Å². The molecule has 1 aromatic rings. The molecular formula is C12H12O5. The fourth-order valence-electron chi connectivity index (χ4n) is 1.77. The van der Waals surface area contributed by atoms with Crippen molar-refractivity contribution in [2.24, 2.45) is 0 Å². The molecule has 1 aromatic carbocycles. The first kappa shape index (κ1) is 11.4. The summed E-state index contributed by atoms with van der Waals surface area (Å²) in [6.07, 6.45) is -0.0189. The van der Waals surface area contributed by atoms with E-state index in [1.54, 1.807) is 18.2 Å². The zero-order valence-electron chi connectivity index (χ0n) is 9.30. The Morgan fingerprint density at radius 1 is 1.35 bits per heavy atom. The lowest BCUT2D eigenvalue weighted by atomic mass is 9.94. The van der Waals surface area contributed by atoms with Crippen LogP contribution in [0.3, 0.4) is 0 Å². The second kappa shape index (κ2) is 4.45. The van der Waals surface area contributed by atoms with Crippen molar-refractivity contribution in [2.45, 2.75) is 19.3 Å². The molecule has 0 spiro atoms. The van der Waals surface area contributed by atoms with Crippen LogP contribution in [-0.2, 0) is 9.59 Å². The van der Waals surface area contributed by atoms with Crippen molar-refractivity contribution in [1.82, 2.24) is 0 Å². The van der Waals surface area contributed by atoms with E-state index in [9.17, 15) is 9.59 Å². The van der Waals surface area contributed by atoms with Gasteiger partial charge in [0.2, 0.25) is 6.79 Å². The van der Waals surface area contributed by atoms with E-state index in [1.165, 1.54) is 6.92 Å². The zero-order chi connectivity index (χ0) is 12.4. The number of carbonyl (C=O) groups excluding carboxylic acids is 1. The summed E-state index contributed by atoms with van der Waals surface area (Å²) in [5, 5.41) is 9.10. The molecule has 1 aliphatic heterocycles. The molecule has 5 heteroatoms. The fourth-order valence-corrected chi connectivity index (χ4v) is 1.77. The van der Waals surface area contributed by atoms with Gasteiger partial charge in [-0.15, -0.1) is 0 Å². The van der Waals surface area contributed by atoms with Crippen molar-refractivity contribution in [3.63, 3.8) is 0 Å². The van der Waals surface area contributed by atoms with Crippen LogP contribution in [-0.4, -0.2) is 23.7 Å². The monoisotopic (exact) mass is 236 g/mol. The maximum absolute atomic E-state index is 11.1. The highest BCUT2D eigenvalue weighted by Gasteiger charge is 2.24. The molecule has 1 unspecified atom stereocenters. The largest absolute Gasteiger partial charge is 0.481 e. The minimum absolute atomic E-state index is 0.0189. The number of Topliss-reactive ketones (excluding diaryl/α,β-unsaturated/α-hetero) is 1. The topological polar surface area (TPSA) is 72.8 Å². The molecule has 1 heterocycles. The lowest BCUT2D eigenvalue weighted by Gasteiger charge is -2.11. The number of ketones is 1. The smallest absolute Gasteiger partial charge is 0.311 e. The summed E-state index contributed by atoms with van der Waals surface area (Å²) >= 11 is 0. The van der Waals surface area contributed by atoms with Crippen LogP contribution in [0.1, 0.15) is 24.8 Å². The highest BCUT2D eigenvalue weighted by molar-refractivity contribution is 5.85. The van der Waals surface area contributed by atoms with Crippen LogP contribution in [0.4, 0.5) is 0 Å². The van der Waals surface area contributed by atoms with Gasteiger partial charge in [-0.2, -0.15) is 0 Å². The number of ether oxygens (including phenoxy) is 2. The van der Waals surface area contributed by atoms with Crippen molar-refractivity contribution < 1.29 is 24.2 Å². The molecule has 0 fully saturated rings. The number of rotatable bonds is 4. The van der Waals surface area contributed by atoms with Crippen LogP contribution in [0.5, 0.6) is 11.5 Å². The van der Waals surface area contributed by atoms with E-state index in [-0.39, 0.29) is 19.0 Å². The number of carboxylic acid groups (broad SMARTS) is 1. The normalized spacial score (nSPS) is 14.4. The van der Waals surface area contributed by atoms with Crippen LogP contribution in [0.2, 0.25) is 0 Å². The summed E-state index contributed by atoms with van der Waals surface area (Å²) in [5.41, 5.74) is 0.553. The highest BCUT2D eigenvalue weighted by Crippen LogP contribution is 2.35. The second-order valence-corrected chi connectivity index (χ2v) is 3.91. The van der Waals surface area contributed by atoms with Gasteiger partial charge in [-0.25, -0.2) is 0 Å². The number of hydrogen-bond acceptors (Lipinski definition) is 4. The van der Waals surface area contributed by atoms with E-state index in [0.717, 1.165) is 0 Å². The molecular weight excluding hydrogens is 224 g/mol. The Kier molecular flexibility index (Phi) is 2.99. The summed E-state index contributed by atoms with van der Waals surface area (Å²) in [7, 11) is 0. The quantitative estimate of drug-likeness (QED) is 0.858. The minimum Gasteiger partial charge on any atom is -0.481 e. The van der Waals surface area contributed by atoms with Gasteiger partial charge < -0.3 is 14.6 Å². The first-order chi connectivity index (χ1) is 8.08. The second-order valence-electron chi connectivity index (χ2n) is 3.91. The molecule has 17 heavy (non-hydrogen) atoms. The van der Waals surface area contributed by atoms with E-state index in [0.29, 0.717) is 17.1 Å². The Labute approximate surface area is 98.0 Å². The third kappa shape index (κ3) is 2.38. The van der Waals surface area contributed by atoms with Crippen LogP contribution < -0.4 is 9.47 Å². The Hall–Kier alpha value is -2.04. The Balaban J connectivity index is 2.30. The molecule has 1 aliphatic rings. The molecule has 1 atom stereocenters. The molecule has 0 aromatic heterocycles. The van der Waals surface area contributed by atoms with Gasteiger partial charge in [0.1, 0.15) is 5.78 Å². The average molecular weight is 236 g/mol. The first-order valence-electron chi connectivity index (χ1n) is 5.19. The third-order valence-electron chi connectivity index (χ3n) is 2.59. The van der Waals surface area contributed by atoms with Gasteiger partial charge in [-0.05, 0) is 24.6 Å². The molecule has 0 radical (unpaired) electrons. The number of fused-ring (bicyclic) bond motifs is 1. The number of benzene rings is 1. The summed E-state index contributed by atoms with van der Waals surface area (Å²) in [5.74, 6) is -0.880. The van der Waals surface area contributed by atoms with Gasteiger partial charge in [0.15, 0.2) is 11.5 Å². The fraction of sp³-hybridized carbons (Fsp3) is 0.333. The minimum atomic E-state index is -1.01. The van der Waals surface area contributed by atoms with Crippen molar-refractivity contribution >= 4 is 11.8 Å². The van der Waals surface area contributed by atoms with Crippen molar-refractivity contribution in [1.29, 1.82) is 0 Å². The van der Waals surface area contributed by atoms with Crippen molar-refractivity contribution in [3.8, 4) is 11.5 Å². The maximum atomic E-state index is 11.1. The summed E-state index contributed by atoms with van der Waals surface area (Å²) in [4.78, 5) is 22.2. The van der Waals surface area contributed by atoms with Crippen LogP contribution in [0.15, 0.2) is 18.2 Å². The van der Waals surface area contributed by atoms with E-state index < -0.39 is 11.9 Å². The van der Waals surface area contributed by atoms with Gasteiger partial charge in [-0.1, -0.05) is 6.07 Å². The molecule has 0 amide bonds. The molecule has 0 aliphatic carbocycles. The predicted octanol–water partition coefficient (Wildman–Crippen LogP) is 1.56. The predicted molar refractivity (Wildman–Crippen MR) is 58.2 cm³/mol. The van der Waals surface area contributed by atoms with Gasteiger partial charge in [-0.3, -0.25) is 9.59 Å². The number of aliphatic carboxylic acids is 1. The Morgan fingerprint density at radius 3 is 2.71 bits per heavy atom. The lowest BCUT2D eigenvalue weighted by Crippen LogP contribution is -2.14. The zero-order valence-corrected chi connectivity index (χ0v) is 9.30. The van der Waals surface area contributed by atoms with Gasteiger partial charge in [0.05, 0.1) is 5.92 Å². The Morgan fingerprint density at radius 2 is 2.06 bits per heavy atom. The average Bonchev–Trinajstić information content (AvgIpc) is 2.72. The summed E-state index contributed by atoms with van der Waals surface area (Å²) in [6.45, 7) is 1.52. The molecule has 2 rings (SSSR count). The molecule has 0 saturated heterocycles. The molecule has 1 N–H and O–H groups in total. The number of carbonyl (C=O) groups is 2. The number of hydrogen-bond donors (Lipinski definition) is 1. The maximum Gasteiger partial charge on any atom is 0.311 e. The van der Waals surface area contributed by atoms with Crippen LogP contribution in [0.25, 0.3) is 0 Å². The SMILES string of the molecule is CC(=O)CC(C(=O)O)c1ccc2c(c1)OCO2. The van der Waals surface area contributed by atoms with Gasteiger partial charge in [0.25, 0.3) is 0 Å².